The van der Waals surface area contributed by atoms with Crippen molar-refractivity contribution in [3.05, 3.63) is 34.9 Å². The summed E-state index contributed by atoms with van der Waals surface area (Å²) in [6, 6.07) is 7.59. The summed E-state index contributed by atoms with van der Waals surface area (Å²) in [5.41, 5.74) is 4.34. The first-order valence-electron chi connectivity index (χ1n) is 8.22. The Labute approximate surface area is 123 Å². The summed E-state index contributed by atoms with van der Waals surface area (Å²) < 4.78 is 0. The molecule has 0 radical (unpaired) electrons. The van der Waals surface area contributed by atoms with Crippen molar-refractivity contribution >= 4 is 0 Å². The largest absolute Gasteiger partial charge is 0.313 e. The molecule has 1 unspecified atom stereocenters. The fourth-order valence-corrected chi connectivity index (χ4v) is 3.30. The van der Waals surface area contributed by atoms with Crippen LogP contribution in [0.3, 0.4) is 0 Å². The van der Waals surface area contributed by atoms with Crippen molar-refractivity contribution in [2.24, 2.45) is 5.92 Å². The van der Waals surface area contributed by atoms with E-state index in [1.165, 1.54) is 62.0 Å². The van der Waals surface area contributed by atoms with Crippen LogP contribution in [0.2, 0.25) is 0 Å². The fourth-order valence-electron chi connectivity index (χ4n) is 3.30. The second-order valence-corrected chi connectivity index (χ2v) is 6.86. The molecular weight excluding hydrogens is 244 g/mol. The molecule has 1 saturated carbocycles. The average molecular weight is 272 g/mol. The van der Waals surface area contributed by atoms with Crippen LogP contribution in [-0.4, -0.2) is 30.6 Å². The summed E-state index contributed by atoms with van der Waals surface area (Å²) in [4.78, 5) is 2.70. The van der Waals surface area contributed by atoms with E-state index in [1.54, 1.807) is 0 Å². The molecule has 20 heavy (non-hydrogen) atoms. The lowest BCUT2D eigenvalue weighted by molar-refractivity contribution is 0.231. The zero-order chi connectivity index (χ0) is 13.9. The van der Waals surface area contributed by atoms with Crippen LogP contribution in [0.1, 0.15) is 42.4 Å². The van der Waals surface area contributed by atoms with Crippen molar-refractivity contribution in [2.45, 2.75) is 52.1 Å². The fraction of sp³-hybridized carbons (Fsp3) is 0.667. The van der Waals surface area contributed by atoms with Crippen molar-refractivity contribution in [3.63, 3.8) is 0 Å². The first-order chi connectivity index (χ1) is 9.70. The molecular formula is C18H28N2. The number of hydrogen-bond donors (Lipinski definition) is 1. The maximum absolute atomic E-state index is 3.65. The van der Waals surface area contributed by atoms with Gasteiger partial charge in [0.15, 0.2) is 0 Å². The third-order valence-electron chi connectivity index (χ3n) is 4.75. The third-order valence-corrected chi connectivity index (χ3v) is 4.75. The first kappa shape index (κ1) is 14.1. The van der Waals surface area contributed by atoms with Crippen LogP contribution in [0.5, 0.6) is 0 Å². The summed E-state index contributed by atoms with van der Waals surface area (Å²) in [7, 11) is 0. The van der Waals surface area contributed by atoms with E-state index >= 15 is 0 Å². The monoisotopic (exact) mass is 272 g/mol. The van der Waals surface area contributed by atoms with E-state index in [1.807, 2.05) is 0 Å². The van der Waals surface area contributed by atoms with Gasteiger partial charge in [0.25, 0.3) is 0 Å². The number of hydrogen-bond acceptors (Lipinski definition) is 2. The minimum Gasteiger partial charge on any atom is -0.313 e. The summed E-state index contributed by atoms with van der Waals surface area (Å²) in [5.74, 6) is 0.974. The molecule has 1 aliphatic carbocycles. The summed E-state index contributed by atoms with van der Waals surface area (Å²) in [6.07, 6.45) is 5.60. The van der Waals surface area contributed by atoms with Gasteiger partial charge in [-0.25, -0.2) is 0 Å². The summed E-state index contributed by atoms with van der Waals surface area (Å²) in [5, 5.41) is 3.65. The van der Waals surface area contributed by atoms with Gasteiger partial charge in [0.1, 0.15) is 0 Å². The van der Waals surface area contributed by atoms with Crippen LogP contribution in [0, 0.1) is 19.8 Å². The van der Waals surface area contributed by atoms with Crippen molar-refractivity contribution in [2.75, 3.05) is 19.6 Å². The molecule has 0 amide bonds. The quantitative estimate of drug-likeness (QED) is 0.855. The molecule has 1 atom stereocenters. The number of nitrogens with zero attached hydrogens (tertiary/aromatic N) is 1. The van der Waals surface area contributed by atoms with E-state index in [0.717, 1.165) is 18.5 Å². The van der Waals surface area contributed by atoms with Gasteiger partial charge < -0.3 is 5.32 Å². The number of benzene rings is 1. The van der Waals surface area contributed by atoms with Gasteiger partial charge in [0, 0.05) is 25.7 Å². The molecule has 0 bridgehead atoms. The van der Waals surface area contributed by atoms with Crippen LogP contribution >= 0.6 is 0 Å². The summed E-state index contributed by atoms with van der Waals surface area (Å²) >= 11 is 0. The molecule has 110 valence electrons. The van der Waals surface area contributed by atoms with E-state index in [9.17, 15) is 0 Å². The molecule has 1 heterocycles. The van der Waals surface area contributed by atoms with Gasteiger partial charge in [0.2, 0.25) is 0 Å². The highest BCUT2D eigenvalue weighted by atomic mass is 15.2. The maximum atomic E-state index is 3.65. The zero-order valence-electron chi connectivity index (χ0n) is 13.0. The van der Waals surface area contributed by atoms with Gasteiger partial charge in [-0.15, -0.1) is 0 Å². The Morgan fingerprint density at radius 1 is 1.15 bits per heavy atom. The highest BCUT2D eigenvalue weighted by molar-refractivity contribution is 5.30. The van der Waals surface area contributed by atoms with Crippen LogP contribution in [0.15, 0.2) is 18.2 Å². The molecule has 0 aromatic heterocycles. The Kier molecular flexibility index (Phi) is 4.42. The molecule has 1 N–H and O–H groups in total. The minimum atomic E-state index is 0.721. The molecule has 3 rings (SSSR count). The molecule has 1 aliphatic heterocycles. The number of aryl methyl sites for hydroxylation is 2. The Morgan fingerprint density at radius 2 is 2.00 bits per heavy atom. The van der Waals surface area contributed by atoms with Gasteiger partial charge in [-0.3, -0.25) is 4.90 Å². The van der Waals surface area contributed by atoms with Gasteiger partial charge in [-0.2, -0.15) is 0 Å². The SMILES string of the molecule is Cc1ccc(C)c(CN(CC2CC2)CC2CCCN2)c1. The molecule has 2 nitrogen and oxygen atoms in total. The molecule has 2 heteroatoms. The van der Waals surface area contributed by atoms with Crippen LogP contribution in [0.4, 0.5) is 0 Å². The molecule has 0 spiro atoms. The van der Waals surface area contributed by atoms with Gasteiger partial charge >= 0.3 is 0 Å². The number of nitrogens with one attached hydrogen (secondary N) is 1. The van der Waals surface area contributed by atoms with Crippen molar-refractivity contribution in [3.8, 4) is 0 Å². The Morgan fingerprint density at radius 3 is 2.70 bits per heavy atom. The number of rotatable bonds is 6. The Balaban J connectivity index is 1.65. The second-order valence-electron chi connectivity index (χ2n) is 6.86. The van der Waals surface area contributed by atoms with Crippen LogP contribution in [-0.2, 0) is 6.54 Å². The van der Waals surface area contributed by atoms with E-state index in [-0.39, 0.29) is 0 Å². The van der Waals surface area contributed by atoms with E-state index in [0.29, 0.717) is 0 Å². The van der Waals surface area contributed by atoms with E-state index < -0.39 is 0 Å². The van der Waals surface area contributed by atoms with Crippen molar-refractivity contribution < 1.29 is 0 Å². The molecule has 1 saturated heterocycles. The molecule has 1 aromatic rings. The predicted molar refractivity (Wildman–Crippen MR) is 84.9 cm³/mol. The standard InChI is InChI=1S/C18H28N2/c1-14-5-6-15(2)17(10-14)12-20(11-16-7-8-16)13-18-4-3-9-19-18/h5-6,10,16,18-19H,3-4,7-9,11-13H2,1-2H3. The lowest BCUT2D eigenvalue weighted by Gasteiger charge is -2.26. The predicted octanol–water partition coefficient (Wildman–Crippen LogP) is 3.27. The lowest BCUT2D eigenvalue weighted by Crippen LogP contribution is -2.38. The molecule has 1 aromatic carbocycles. The highest BCUT2D eigenvalue weighted by Gasteiger charge is 2.26. The van der Waals surface area contributed by atoms with Crippen molar-refractivity contribution in [1.29, 1.82) is 0 Å². The van der Waals surface area contributed by atoms with Gasteiger partial charge in [-0.05, 0) is 63.1 Å². The third kappa shape index (κ3) is 3.83. The second kappa shape index (κ2) is 6.28. The smallest absolute Gasteiger partial charge is 0.0237 e. The van der Waals surface area contributed by atoms with Crippen LogP contribution in [0.25, 0.3) is 0 Å². The normalized spacial score (nSPS) is 22.6. The molecule has 2 aliphatic rings. The molecule has 2 fully saturated rings. The zero-order valence-corrected chi connectivity index (χ0v) is 13.0. The first-order valence-corrected chi connectivity index (χ1v) is 8.22. The minimum absolute atomic E-state index is 0.721. The highest BCUT2D eigenvalue weighted by Crippen LogP contribution is 2.30. The maximum Gasteiger partial charge on any atom is 0.0237 e. The summed E-state index contributed by atoms with van der Waals surface area (Å²) in [6.45, 7) is 9.31. The Hall–Kier alpha value is -0.860. The lowest BCUT2D eigenvalue weighted by atomic mass is 10.0. The van der Waals surface area contributed by atoms with Gasteiger partial charge in [-0.1, -0.05) is 23.8 Å². The Bertz CT molecular complexity index is 445. The van der Waals surface area contributed by atoms with Gasteiger partial charge in [0.05, 0.1) is 0 Å². The topological polar surface area (TPSA) is 15.3 Å². The average Bonchev–Trinajstić information content (AvgIpc) is 3.08. The van der Waals surface area contributed by atoms with Crippen LogP contribution < -0.4 is 5.32 Å². The van der Waals surface area contributed by atoms with E-state index in [2.05, 4.69) is 42.3 Å². The van der Waals surface area contributed by atoms with Crippen molar-refractivity contribution in [1.82, 2.24) is 10.2 Å². The van der Waals surface area contributed by atoms with E-state index in [4.69, 9.17) is 0 Å².